The van der Waals surface area contributed by atoms with Crippen molar-refractivity contribution in [3.8, 4) is 0 Å². The molecule has 0 saturated carbocycles. The van der Waals surface area contributed by atoms with Crippen LogP contribution in [0.15, 0.2) is 53.7 Å². The zero-order valence-corrected chi connectivity index (χ0v) is 15.9. The van der Waals surface area contributed by atoms with E-state index in [0.717, 1.165) is 17.3 Å². The van der Waals surface area contributed by atoms with Crippen molar-refractivity contribution in [3.63, 3.8) is 0 Å². The van der Waals surface area contributed by atoms with Crippen LogP contribution in [-0.2, 0) is 11.4 Å². The predicted molar refractivity (Wildman–Crippen MR) is 103 cm³/mol. The molecule has 28 heavy (non-hydrogen) atoms. The lowest BCUT2D eigenvalue weighted by Gasteiger charge is -2.26. The molecule has 1 atom stereocenters. The smallest absolute Gasteiger partial charge is 0.318 e. The van der Waals surface area contributed by atoms with Crippen LogP contribution in [0.4, 0.5) is 13.6 Å². The van der Waals surface area contributed by atoms with E-state index < -0.39 is 11.6 Å². The maximum Gasteiger partial charge on any atom is 0.318 e. The van der Waals surface area contributed by atoms with Gasteiger partial charge in [-0.1, -0.05) is 41.6 Å². The molecule has 1 aliphatic heterocycles. The molecule has 0 saturated heterocycles. The van der Waals surface area contributed by atoms with Crippen molar-refractivity contribution < 1.29 is 18.4 Å². The van der Waals surface area contributed by atoms with Gasteiger partial charge in [0.05, 0.1) is 18.8 Å². The third-order valence-electron chi connectivity index (χ3n) is 4.34. The van der Waals surface area contributed by atoms with E-state index in [0.29, 0.717) is 6.42 Å². The molecule has 2 amide bonds. The molecule has 1 heterocycles. The van der Waals surface area contributed by atoms with Gasteiger partial charge in [0.15, 0.2) is 6.10 Å². The van der Waals surface area contributed by atoms with E-state index in [4.69, 9.17) is 4.84 Å². The van der Waals surface area contributed by atoms with E-state index in [-0.39, 0.29) is 36.8 Å². The molecule has 0 radical (unpaired) electrons. The van der Waals surface area contributed by atoms with Gasteiger partial charge in [0, 0.05) is 24.1 Å². The van der Waals surface area contributed by atoms with Crippen molar-refractivity contribution in [1.82, 2.24) is 10.2 Å². The van der Waals surface area contributed by atoms with E-state index in [9.17, 15) is 13.6 Å². The fraction of sp³-hybridized carbons (Fsp3) is 0.333. The summed E-state index contributed by atoms with van der Waals surface area (Å²) < 4.78 is 27.3. The van der Waals surface area contributed by atoms with Gasteiger partial charge in [-0.2, -0.15) is 0 Å². The number of rotatable bonds is 6. The number of urea groups is 1. The molecular formula is C21H23F2N3O2. The molecule has 1 unspecified atom stereocenters. The number of oxime groups is 1. The first-order chi connectivity index (χ1) is 13.4. The van der Waals surface area contributed by atoms with Gasteiger partial charge in [-0.05, 0) is 25.5 Å². The molecule has 1 aliphatic rings. The molecule has 0 aromatic heterocycles. The number of nitrogens with zero attached hydrogens (tertiary/aromatic N) is 2. The lowest BCUT2D eigenvalue weighted by molar-refractivity contribution is 0.0584. The number of carbonyl (C=O) groups excluding carboxylic acids is 1. The minimum absolute atomic E-state index is 0.00516. The second-order valence-corrected chi connectivity index (χ2v) is 7.06. The van der Waals surface area contributed by atoms with Crippen molar-refractivity contribution in [1.29, 1.82) is 0 Å². The van der Waals surface area contributed by atoms with Crippen LogP contribution in [0.3, 0.4) is 0 Å². The Morgan fingerprint density at radius 1 is 1.25 bits per heavy atom. The minimum Gasteiger partial charge on any atom is -0.390 e. The van der Waals surface area contributed by atoms with E-state index in [1.807, 2.05) is 44.2 Å². The van der Waals surface area contributed by atoms with Crippen LogP contribution in [0.1, 0.15) is 31.4 Å². The van der Waals surface area contributed by atoms with E-state index >= 15 is 0 Å². The monoisotopic (exact) mass is 387 g/mol. The van der Waals surface area contributed by atoms with Gasteiger partial charge in [0.1, 0.15) is 11.6 Å². The zero-order chi connectivity index (χ0) is 20.1. The summed E-state index contributed by atoms with van der Waals surface area (Å²) in [6.07, 6.45) is 0.207. The van der Waals surface area contributed by atoms with Gasteiger partial charge in [0.25, 0.3) is 0 Å². The van der Waals surface area contributed by atoms with Crippen molar-refractivity contribution in [2.75, 3.05) is 6.54 Å². The quantitative estimate of drug-likeness (QED) is 0.812. The molecular weight excluding hydrogens is 364 g/mol. The number of amides is 2. The zero-order valence-electron chi connectivity index (χ0n) is 15.9. The Morgan fingerprint density at radius 2 is 2.00 bits per heavy atom. The SMILES string of the molecule is CC(C)NC(=O)N(Cc1ccc(F)cc1F)CC1CC(c2ccccc2)=NO1. The highest BCUT2D eigenvalue weighted by atomic mass is 19.1. The van der Waals surface area contributed by atoms with Crippen LogP contribution in [0, 0.1) is 11.6 Å². The number of halogens is 2. The molecule has 7 heteroatoms. The largest absolute Gasteiger partial charge is 0.390 e. The molecule has 0 aliphatic carbocycles. The summed E-state index contributed by atoms with van der Waals surface area (Å²) in [5.74, 6) is -1.34. The first-order valence-corrected chi connectivity index (χ1v) is 9.20. The Balaban J connectivity index is 1.70. The Bertz CT molecular complexity index is 856. The van der Waals surface area contributed by atoms with Crippen LogP contribution in [-0.4, -0.2) is 35.3 Å². The highest BCUT2D eigenvalue weighted by Gasteiger charge is 2.27. The van der Waals surface area contributed by atoms with E-state index in [1.165, 1.54) is 17.0 Å². The van der Waals surface area contributed by atoms with Gasteiger partial charge in [-0.3, -0.25) is 0 Å². The van der Waals surface area contributed by atoms with Gasteiger partial charge in [-0.25, -0.2) is 13.6 Å². The van der Waals surface area contributed by atoms with Crippen LogP contribution in [0.2, 0.25) is 0 Å². The summed E-state index contributed by atoms with van der Waals surface area (Å²) in [5, 5.41) is 6.94. The third-order valence-corrected chi connectivity index (χ3v) is 4.34. The van der Waals surface area contributed by atoms with Crippen molar-refractivity contribution in [2.24, 2.45) is 5.16 Å². The first-order valence-electron chi connectivity index (χ1n) is 9.20. The Hall–Kier alpha value is -2.96. The van der Waals surface area contributed by atoms with Crippen LogP contribution < -0.4 is 5.32 Å². The van der Waals surface area contributed by atoms with E-state index in [1.54, 1.807) is 0 Å². The normalized spacial score (nSPS) is 15.9. The molecule has 148 valence electrons. The fourth-order valence-corrected chi connectivity index (χ4v) is 2.99. The second-order valence-electron chi connectivity index (χ2n) is 7.06. The van der Waals surface area contributed by atoms with Crippen molar-refractivity contribution in [2.45, 2.75) is 39.0 Å². The van der Waals surface area contributed by atoms with Crippen molar-refractivity contribution >= 4 is 11.7 Å². The first kappa shape index (κ1) is 19.8. The predicted octanol–water partition coefficient (Wildman–Crippen LogP) is 4.08. The highest BCUT2D eigenvalue weighted by molar-refractivity contribution is 6.01. The van der Waals surface area contributed by atoms with Crippen LogP contribution in [0.5, 0.6) is 0 Å². The highest BCUT2D eigenvalue weighted by Crippen LogP contribution is 2.19. The molecule has 3 rings (SSSR count). The van der Waals surface area contributed by atoms with Crippen molar-refractivity contribution in [3.05, 3.63) is 71.3 Å². The van der Waals surface area contributed by atoms with Crippen LogP contribution >= 0.6 is 0 Å². The van der Waals surface area contributed by atoms with E-state index in [2.05, 4.69) is 10.5 Å². The summed E-state index contributed by atoms with van der Waals surface area (Å²) in [4.78, 5) is 19.6. The second kappa shape index (κ2) is 8.82. The average Bonchev–Trinajstić information content (AvgIpc) is 3.12. The number of benzene rings is 2. The molecule has 2 aromatic carbocycles. The van der Waals surface area contributed by atoms with Gasteiger partial charge in [0.2, 0.25) is 0 Å². The minimum atomic E-state index is -0.684. The lowest BCUT2D eigenvalue weighted by atomic mass is 10.0. The maximum absolute atomic E-state index is 14.1. The maximum atomic E-state index is 14.1. The molecule has 0 spiro atoms. The average molecular weight is 387 g/mol. The molecule has 0 fully saturated rings. The van der Waals surface area contributed by atoms with Gasteiger partial charge in [-0.15, -0.1) is 0 Å². The molecule has 1 N–H and O–H groups in total. The Morgan fingerprint density at radius 3 is 2.68 bits per heavy atom. The summed E-state index contributed by atoms with van der Waals surface area (Å²) in [6, 6.07) is 12.6. The Kier molecular flexibility index (Phi) is 6.23. The van der Waals surface area contributed by atoms with Gasteiger partial charge >= 0.3 is 6.03 Å². The molecule has 0 bridgehead atoms. The summed E-state index contributed by atoms with van der Waals surface area (Å²) in [6.45, 7) is 3.93. The lowest BCUT2D eigenvalue weighted by Crippen LogP contribution is -2.45. The summed E-state index contributed by atoms with van der Waals surface area (Å²) in [5.41, 5.74) is 2.01. The number of carbonyl (C=O) groups is 1. The summed E-state index contributed by atoms with van der Waals surface area (Å²) >= 11 is 0. The third kappa shape index (κ3) is 5.06. The number of hydrogen-bond acceptors (Lipinski definition) is 3. The van der Waals surface area contributed by atoms with Gasteiger partial charge < -0.3 is 15.1 Å². The summed E-state index contributed by atoms with van der Waals surface area (Å²) in [7, 11) is 0. The fourth-order valence-electron chi connectivity index (χ4n) is 2.99. The number of nitrogens with one attached hydrogen (secondary N) is 1. The Labute approximate surface area is 163 Å². The standard InChI is InChI=1S/C21H23F2N3O2/c1-14(2)24-21(27)26(12-16-8-9-17(22)10-19(16)23)13-18-11-20(25-28-18)15-6-4-3-5-7-15/h3-10,14,18H,11-13H2,1-2H3,(H,24,27). The van der Waals surface area contributed by atoms with Crippen LogP contribution in [0.25, 0.3) is 0 Å². The number of hydrogen-bond donors (Lipinski definition) is 1. The molecule has 5 nitrogen and oxygen atoms in total. The topological polar surface area (TPSA) is 53.9 Å². The molecule has 2 aromatic rings.